The van der Waals surface area contributed by atoms with Crippen molar-refractivity contribution in [1.29, 1.82) is 0 Å². The van der Waals surface area contributed by atoms with Crippen molar-refractivity contribution in [3.8, 4) is 0 Å². The first-order valence-electron chi connectivity index (χ1n) is 5.91. The maximum absolute atomic E-state index is 12.7. The largest absolute Gasteiger partial charge is 0.416 e. The maximum Gasteiger partial charge on any atom is 0.416 e. The lowest BCUT2D eigenvalue weighted by Crippen LogP contribution is -2.07. The quantitative estimate of drug-likeness (QED) is 0.850. The van der Waals surface area contributed by atoms with Crippen LogP contribution in [0.4, 0.5) is 13.2 Å². The van der Waals surface area contributed by atoms with Gasteiger partial charge in [-0.1, -0.05) is 0 Å². The molecule has 2 rings (SSSR count). The van der Waals surface area contributed by atoms with Crippen molar-refractivity contribution in [2.75, 3.05) is 7.11 Å². The molecular formula is C13H15F3N2O. The molecule has 6 heteroatoms. The minimum absolute atomic E-state index is 0.104. The van der Waals surface area contributed by atoms with E-state index < -0.39 is 11.7 Å². The van der Waals surface area contributed by atoms with E-state index >= 15 is 0 Å². The van der Waals surface area contributed by atoms with Crippen LogP contribution in [0.15, 0.2) is 18.2 Å². The summed E-state index contributed by atoms with van der Waals surface area (Å²) in [6.45, 7) is 4.18. The zero-order chi connectivity index (χ0) is 14.2. The molecule has 1 aromatic heterocycles. The van der Waals surface area contributed by atoms with Gasteiger partial charge in [0, 0.05) is 13.2 Å². The Hall–Kier alpha value is -1.56. The van der Waals surface area contributed by atoms with Gasteiger partial charge in [-0.05, 0) is 32.0 Å². The second-order valence-electron chi connectivity index (χ2n) is 4.63. The van der Waals surface area contributed by atoms with Crippen LogP contribution < -0.4 is 0 Å². The molecule has 3 nitrogen and oxygen atoms in total. The summed E-state index contributed by atoms with van der Waals surface area (Å²) in [5, 5.41) is 0. The molecule has 0 fully saturated rings. The van der Waals surface area contributed by atoms with Crippen LogP contribution in [0.25, 0.3) is 11.0 Å². The van der Waals surface area contributed by atoms with Gasteiger partial charge in [0.05, 0.1) is 16.6 Å². The van der Waals surface area contributed by atoms with Gasteiger partial charge in [-0.2, -0.15) is 13.2 Å². The number of imidazole rings is 1. The summed E-state index contributed by atoms with van der Waals surface area (Å²) >= 11 is 0. The van der Waals surface area contributed by atoms with E-state index in [1.807, 2.05) is 18.4 Å². The first-order chi connectivity index (χ1) is 8.84. The summed E-state index contributed by atoms with van der Waals surface area (Å²) in [7, 11) is 1.53. The van der Waals surface area contributed by atoms with Crippen molar-refractivity contribution >= 4 is 11.0 Å². The lowest BCUT2D eigenvalue weighted by molar-refractivity contribution is -0.137. The van der Waals surface area contributed by atoms with Crippen LogP contribution in [0.3, 0.4) is 0 Å². The van der Waals surface area contributed by atoms with Gasteiger partial charge in [0.15, 0.2) is 0 Å². The van der Waals surface area contributed by atoms with Crippen LogP contribution >= 0.6 is 0 Å². The van der Waals surface area contributed by atoms with E-state index in [4.69, 9.17) is 4.74 Å². The molecule has 0 amide bonds. The predicted molar refractivity (Wildman–Crippen MR) is 65.8 cm³/mol. The molecule has 19 heavy (non-hydrogen) atoms. The van der Waals surface area contributed by atoms with E-state index in [1.165, 1.54) is 13.2 Å². The van der Waals surface area contributed by atoms with Crippen LogP contribution in [-0.4, -0.2) is 16.7 Å². The number of alkyl halides is 3. The van der Waals surface area contributed by atoms with Crippen molar-refractivity contribution in [2.24, 2.45) is 0 Å². The Morgan fingerprint density at radius 2 is 2.00 bits per heavy atom. The van der Waals surface area contributed by atoms with E-state index in [1.54, 1.807) is 0 Å². The second kappa shape index (κ2) is 4.85. The highest BCUT2D eigenvalue weighted by Crippen LogP contribution is 2.32. The monoisotopic (exact) mass is 272 g/mol. The Labute approximate surface area is 109 Å². The third kappa shape index (κ3) is 2.58. The van der Waals surface area contributed by atoms with Crippen LogP contribution in [0.5, 0.6) is 0 Å². The molecule has 1 aromatic carbocycles. The average Bonchev–Trinajstić information content (AvgIpc) is 2.65. The zero-order valence-corrected chi connectivity index (χ0v) is 11.0. The van der Waals surface area contributed by atoms with E-state index in [2.05, 4.69) is 4.98 Å². The third-order valence-electron chi connectivity index (χ3n) is 2.88. The predicted octanol–water partition coefficient (Wildman–Crippen LogP) is 3.78. The fourth-order valence-corrected chi connectivity index (χ4v) is 2.13. The molecule has 1 heterocycles. The molecule has 0 aliphatic carbocycles. The molecule has 0 saturated heterocycles. The number of rotatable bonds is 3. The lowest BCUT2D eigenvalue weighted by atomic mass is 10.2. The highest BCUT2D eigenvalue weighted by atomic mass is 19.4. The summed E-state index contributed by atoms with van der Waals surface area (Å²) in [5.74, 6) is 0.631. The van der Waals surface area contributed by atoms with Crippen molar-refractivity contribution < 1.29 is 17.9 Å². The van der Waals surface area contributed by atoms with E-state index in [9.17, 15) is 13.2 Å². The van der Waals surface area contributed by atoms with Crippen molar-refractivity contribution in [2.45, 2.75) is 32.7 Å². The number of hydrogen-bond acceptors (Lipinski definition) is 2. The highest BCUT2D eigenvalue weighted by molar-refractivity contribution is 5.77. The summed E-state index contributed by atoms with van der Waals surface area (Å²) in [6, 6.07) is 3.73. The number of nitrogens with zero attached hydrogens (tertiary/aromatic N) is 2. The topological polar surface area (TPSA) is 27.1 Å². The molecule has 2 aromatic rings. The van der Waals surface area contributed by atoms with Crippen LogP contribution in [-0.2, 0) is 17.5 Å². The molecule has 0 bridgehead atoms. The van der Waals surface area contributed by atoms with Crippen molar-refractivity contribution in [3.05, 3.63) is 29.6 Å². The van der Waals surface area contributed by atoms with Gasteiger partial charge in [0.2, 0.25) is 0 Å². The maximum atomic E-state index is 12.7. The average molecular weight is 272 g/mol. The van der Waals surface area contributed by atoms with Gasteiger partial charge >= 0.3 is 6.18 Å². The summed E-state index contributed by atoms with van der Waals surface area (Å²) in [5.41, 5.74) is 0.350. The molecule has 0 aliphatic rings. The van der Waals surface area contributed by atoms with Gasteiger partial charge in [-0.25, -0.2) is 4.98 Å². The minimum Gasteiger partial charge on any atom is -0.377 e. The van der Waals surface area contributed by atoms with Crippen LogP contribution in [0.1, 0.15) is 31.3 Å². The van der Waals surface area contributed by atoms with Gasteiger partial charge in [-0.15, -0.1) is 0 Å². The molecule has 0 aliphatic heterocycles. The standard InChI is InChI=1S/C13H15F3N2O/c1-8(2)18-11-5-4-9(13(14,15)16)6-10(11)17-12(18)7-19-3/h4-6,8H,7H2,1-3H3. The fourth-order valence-electron chi connectivity index (χ4n) is 2.13. The fraction of sp³-hybridized carbons (Fsp3) is 0.462. The molecule has 0 unspecified atom stereocenters. The van der Waals surface area contributed by atoms with Crippen molar-refractivity contribution in [3.63, 3.8) is 0 Å². The first kappa shape index (κ1) is 13.9. The zero-order valence-electron chi connectivity index (χ0n) is 11.0. The number of benzene rings is 1. The van der Waals surface area contributed by atoms with Gasteiger partial charge in [0.25, 0.3) is 0 Å². The summed E-state index contributed by atoms with van der Waals surface area (Å²) in [6.07, 6.45) is -4.35. The Morgan fingerprint density at radius 1 is 1.32 bits per heavy atom. The molecule has 104 valence electrons. The van der Waals surface area contributed by atoms with E-state index in [-0.39, 0.29) is 12.6 Å². The molecular weight excluding hydrogens is 257 g/mol. The van der Waals surface area contributed by atoms with Gasteiger partial charge in [0.1, 0.15) is 12.4 Å². The second-order valence-corrected chi connectivity index (χ2v) is 4.63. The minimum atomic E-state index is -4.35. The molecule has 0 N–H and O–H groups in total. The van der Waals surface area contributed by atoms with Gasteiger partial charge in [-0.3, -0.25) is 0 Å². The number of ether oxygens (including phenoxy) is 1. The van der Waals surface area contributed by atoms with Crippen LogP contribution in [0.2, 0.25) is 0 Å². The Balaban J connectivity index is 2.62. The molecule has 0 spiro atoms. The molecule has 0 atom stereocenters. The smallest absolute Gasteiger partial charge is 0.377 e. The molecule has 0 radical (unpaired) electrons. The molecule has 0 saturated carbocycles. The summed E-state index contributed by atoms with van der Waals surface area (Å²) in [4.78, 5) is 4.24. The first-order valence-corrected chi connectivity index (χ1v) is 5.91. The third-order valence-corrected chi connectivity index (χ3v) is 2.88. The van der Waals surface area contributed by atoms with Crippen molar-refractivity contribution in [1.82, 2.24) is 9.55 Å². The number of methoxy groups -OCH3 is 1. The lowest BCUT2D eigenvalue weighted by Gasteiger charge is -2.12. The Bertz CT molecular complexity index is 587. The Kier molecular flexibility index (Phi) is 3.54. The van der Waals surface area contributed by atoms with E-state index in [0.29, 0.717) is 16.9 Å². The number of halogens is 3. The van der Waals surface area contributed by atoms with E-state index in [0.717, 1.165) is 12.1 Å². The Morgan fingerprint density at radius 3 is 2.53 bits per heavy atom. The highest BCUT2D eigenvalue weighted by Gasteiger charge is 2.31. The van der Waals surface area contributed by atoms with Gasteiger partial charge < -0.3 is 9.30 Å². The number of aromatic nitrogens is 2. The van der Waals surface area contributed by atoms with Crippen LogP contribution in [0, 0.1) is 0 Å². The normalized spacial score (nSPS) is 12.6. The SMILES string of the molecule is COCc1nc2cc(C(F)(F)F)ccc2n1C(C)C. The summed E-state index contributed by atoms with van der Waals surface area (Å²) < 4.78 is 44.9. The number of fused-ring (bicyclic) bond motifs is 1. The number of hydrogen-bond donors (Lipinski definition) is 0.